The number of amides is 1. The second-order valence-electron chi connectivity index (χ2n) is 5.50. The Labute approximate surface area is 141 Å². The predicted octanol–water partition coefficient (Wildman–Crippen LogP) is -0.311. The molecule has 1 saturated heterocycles. The minimum absolute atomic E-state index is 0.0785. The Bertz CT molecular complexity index is 570. The largest absolute Gasteiger partial charge is 0.471 e. The number of ether oxygens (including phenoxy) is 2. The Kier molecular flexibility index (Phi) is 6.36. The lowest BCUT2D eigenvalue weighted by atomic mass is 9.97. The molecule has 0 aromatic heterocycles. The summed E-state index contributed by atoms with van der Waals surface area (Å²) in [6, 6.07) is 6.92. The van der Waals surface area contributed by atoms with Crippen LogP contribution in [0, 0.1) is 0 Å². The van der Waals surface area contributed by atoms with Gasteiger partial charge >= 0.3 is 12.1 Å². The zero-order chi connectivity index (χ0) is 18.6. The maximum atomic E-state index is 12.5. The highest BCUT2D eigenvalue weighted by atomic mass is 19.4. The molecule has 1 amide bonds. The molecule has 1 fully saturated rings. The van der Waals surface area contributed by atoms with Crippen LogP contribution in [0.4, 0.5) is 13.2 Å². The third-order valence-electron chi connectivity index (χ3n) is 3.69. The van der Waals surface area contributed by atoms with Crippen LogP contribution in [-0.2, 0) is 20.9 Å². The molecule has 2 rings (SSSR count). The van der Waals surface area contributed by atoms with Gasteiger partial charge < -0.3 is 30.1 Å². The molecule has 1 aliphatic heterocycles. The van der Waals surface area contributed by atoms with Gasteiger partial charge in [0.25, 0.3) is 0 Å². The number of aliphatic hydroxyl groups excluding tert-OH is 3. The van der Waals surface area contributed by atoms with Gasteiger partial charge in [0.2, 0.25) is 0 Å². The third kappa shape index (κ3) is 4.89. The van der Waals surface area contributed by atoms with Crippen molar-refractivity contribution in [2.75, 3.05) is 6.61 Å². The molecule has 4 N–H and O–H groups in total. The molecule has 0 saturated carbocycles. The average Bonchev–Trinajstić information content (AvgIpc) is 2.58. The molecule has 0 radical (unpaired) electrons. The molecule has 7 nitrogen and oxygen atoms in total. The molecule has 0 aliphatic carbocycles. The van der Waals surface area contributed by atoms with Gasteiger partial charge in [-0.2, -0.15) is 13.2 Å². The Balaban J connectivity index is 2.13. The number of carbonyl (C=O) groups is 1. The molecule has 0 unspecified atom stereocenters. The van der Waals surface area contributed by atoms with Gasteiger partial charge in [0, 0.05) is 0 Å². The van der Waals surface area contributed by atoms with E-state index in [0.717, 1.165) is 0 Å². The van der Waals surface area contributed by atoms with Crippen molar-refractivity contribution in [3.63, 3.8) is 0 Å². The van der Waals surface area contributed by atoms with Gasteiger partial charge in [-0.3, -0.25) is 4.79 Å². The minimum Gasteiger partial charge on any atom is -0.394 e. The van der Waals surface area contributed by atoms with Gasteiger partial charge in [-0.15, -0.1) is 0 Å². The van der Waals surface area contributed by atoms with E-state index in [9.17, 15) is 28.2 Å². The van der Waals surface area contributed by atoms with Crippen molar-refractivity contribution in [1.29, 1.82) is 0 Å². The molecule has 1 aromatic rings. The van der Waals surface area contributed by atoms with Crippen molar-refractivity contribution in [2.24, 2.45) is 0 Å². The normalized spacial score (nSPS) is 30.1. The molecule has 25 heavy (non-hydrogen) atoms. The van der Waals surface area contributed by atoms with Crippen molar-refractivity contribution < 1.29 is 42.8 Å². The first-order valence-electron chi connectivity index (χ1n) is 7.39. The predicted molar refractivity (Wildman–Crippen MR) is 77.0 cm³/mol. The van der Waals surface area contributed by atoms with E-state index in [2.05, 4.69) is 0 Å². The summed E-state index contributed by atoms with van der Waals surface area (Å²) in [5, 5.41) is 30.5. The Morgan fingerprint density at radius 3 is 2.40 bits per heavy atom. The maximum absolute atomic E-state index is 12.5. The summed E-state index contributed by atoms with van der Waals surface area (Å²) in [5.74, 6) is -2.30. The smallest absolute Gasteiger partial charge is 0.394 e. The molecule has 5 atom stereocenters. The second-order valence-corrected chi connectivity index (χ2v) is 5.50. The van der Waals surface area contributed by atoms with Crippen molar-refractivity contribution in [3.05, 3.63) is 35.9 Å². The van der Waals surface area contributed by atoms with Crippen molar-refractivity contribution in [3.8, 4) is 0 Å². The number of rotatable bonds is 5. The van der Waals surface area contributed by atoms with Crippen LogP contribution >= 0.6 is 0 Å². The van der Waals surface area contributed by atoms with E-state index >= 15 is 0 Å². The van der Waals surface area contributed by atoms with Crippen LogP contribution in [0.25, 0.3) is 0 Å². The van der Waals surface area contributed by atoms with Crippen LogP contribution in [-0.4, -0.2) is 64.7 Å². The summed E-state index contributed by atoms with van der Waals surface area (Å²) in [6.45, 7) is -0.770. The van der Waals surface area contributed by atoms with E-state index in [0.29, 0.717) is 5.56 Å². The van der Waals surface area contributed by atoms with E-state index < -0.39 is 49.3 Å². The lowest BCUT2D eigenvalue weighted by molar-refractivity contribution is -0.275. The molecular formula is C15H18F3NO6. The van der Waals surface area contributed by atoms with Crippen molar-refractivity contribution >= 4 is 5.91 Å². The van der Waals surface area contributed by atoms with Crippen molar-refractivity contribution in [1.82, 2.24) is 5.32 Å². The number of alkyl halides is 3. The highest BCUT2D eigenvalue weighted by Gasteiger charge is 2.49. The van der Waals surface area contributed by atoms with E-state index in [1.807, 2.05) is 0 Å². The standard InChI is InChI=1S/C15H18F3NO6/c16-15(17,18)14(23)19-10-12(22)11(21)9(6-20)25-13(10)24-7-8-4-2-1-3-5-8/h1-5,9-13,20-22H,6-7H2,(H,19,23)/t9-,10+,11-,12-,13+/m0/s1. The fourth-order valence-corrected chi connectivity index (χ4v) is 2.36. The maximum Gasteiger partial charge on any atom is 0.471 e. The number of benzene rings is 1. The molecule has 140 valence electrons. The number of hydrogen-bond acceptors (Lipinski definition) is 6. The van der Waals surface area contributed by atoms with Crippen molar-refractivity contribution in [2.45, 2.75) is 43.4 Å². The highest BCUT2D eigenvalue weighted by molar-refractivity contribution is 5.82. The third-order valence-corrected chi connectivity index (χ3v) is 3.69. The molecule has 1 heterocycles. The van der Waals surface area contributed by atoms with E-state index in [1.54, 1.807) is 35.6 Å². The van der Waals surface area contributed by atoms with Crippen LogP contribution in [0.3, 0.4) is 0 Å². The lowest BCUT2D eigenvalue weighted by Gasteiger charge is -2.42. The average molecular weight is 365 g/mol. The summed E-state index contributed by atoms with van der Waals surface area (Å²) < 4.78 is 48.0. The summed E-state index contributed by atoms with van der Waals surface area (Å²) in [4.78, 5) is 11.2. The van der Waals surface area contributed by atoms with Gasteiger partial charge in [-0.05, 0) is 5.56 Å². The molecule has 0 bridgehead atoms. The van der Waals surface area contributed by atoms with E-state index in [-0.39, 0.29) is 6.61 Å². The number of hydrogen-bond donors (Lipinski definition) is 4. The van der Waals surface area contributed by atoms with Crippen LogP contribution in [0.2, 0.25) is 0 Å². The Morgan fingerprint density at radius 1 is 1.20 bits per heavy atom. The van der Waals surface area contributed by atoms with Gasteiger partial charge in [0.15, 0.2) is 6.29 Å². The lowest BCUT2D eigenvalue weighted by Crippen LogP contribution is -2.65. The van der Waals surface area contributed by atoms with Gasteiger partial charge in [-0.1, -0.05) is 30.3 Å². The highest BCUT2D eigenvalue weighted by Crippen LogP contribution is 2.24. The fourth-order valence-electron chi connectivity index (χ4n) is 2.36. The number of nitrogens with one attached hydrogen (secondary N) is 1. The van der Waals surface area contributed by atoms with Crippen LogP contribution in [0.5, 0.6) is 0 Å². The molecule has 1 aliphatic rings. The number of aliphatic hydroxyl groups is 3. The Morgan fingerprint density at radius 2 is 1.84 bits per heavy atom. The summed E-state index contributed by atoms with van der Waals surface area (Å²) >= 11 is 0. The van der Waals surface area contributed by atoms with Gasteiger partial charge in [0.05, 0.1) is 13.2 Å². The van der Waals surface area contributed by atoms with Crippen LogP contribution in [0.15, 0.2) is 30.3 Å². The molecule has 1 aromatic carbocycles. The fraction of sp³-hybridized carbons (Fsp3) is 0.533. The summed E-state index contributed by atoms with van der Waals surface area (Å²) in [7, 11) is 0. The molecular weight excluding hydrogens is 347 g/mol. The SMILES string of the molecule is O=C(N[C@H]1[C@H](OCc2ccccc2)O[C@@H](CO)[C@H](O)[C@H]1O)C(F)(F)F. The van der Waals surface area contributed by atoms with Crippen LogP contribution in [0.1, 0.15) is 5.56 Å². The van der Waals surface area contributed by atoms with Crippen LogP contribution < -0.4 is 5.32 Å². The number of halogens is 3. The van der Waals surface area contributed by atoms with Gasteiger partial charge in [-0.25, -0.2) is 0 Å². The van der Waals surface area contributed by atoms with E-state index in [1.165, 1.54) is 0 Å². The summed E-state index contributed by atoms with van der Waals surface area (Å²) in [6.07, 6.45) is -11.5. The topological polar surface area (TPSA) is 108 Å². The van der Waals surface area contributed by atoms with E-state index in [4.69, 9.17) is 14.6 Å². The Hall–Kier alpha value is -1.72. The number of carbonyl (C=O) groups excluding carboxylic acids is 1. The quantitative estimate of drug-likeness (QED) is 0.570. The first-order chi connectivity index (χ1) is 11.7. The zero-order valence-electron chi connectivity index (χ0n) is 12.9. The van der Waals surface area contributed by atoms with Gasteiger partial charge in [0.1, 0.15) is 24.4 Å². The first-order valence-corrected chi connectivity index (χ1v) is 7.39. The first kappa shape index (κ1) is 19.6. The summed E-state index contributed by atoms with van der Waals surface area (Å²) in [5.41, 5.74) is 0.674. The minimum atomic E-state index is -5.18. The monoisotopic (exact) mass is 365 g/mol. The molecule has 10 heteroatoms. The second kappa shape index (κ2) is 8.11. The molecule has 0 spiro atoms. The zero-order valence-corrected chi connectivity index (χ0v) is 12.9.